The second-order valence-electron chi connectivity index (χ2n) is 2.08. The van der Waals surface area contributed by atoms with Crippen LogP contribution in [0.25, 0.3) is 0 Å². The van der Waals surface area contributed by atoms with E-state index in [-0.39, 0.29) is 18.0 Å². The number of carboxylic acid groups (broad SMARTS) is 1. The SMILES string of the molecule is Cl.Nc1cc(C(=O)O)ccc1S. The molecule has 0 radical (unpaired) electrons. The summed E-state index contributed by atoms with van der Waals surface area (Å²) in [6.45, 7) is 0. The van der Waals surface area contributed by atoms with Crippen LogP contribution in [0.15, 0.2) is 23.1 Å². The number of anilines is 1. The number of carboxylic acids is 1. The quantitative estimate of drug-likeness (QED) is 0.483. The van der Waals surface area contributed by atoms with Crippen LogP contribution in [-0.2, 0) is 0 Å². The number of carbonyl (C=O) groups is 1. The van der Waals surface area contributed by atoms with Crippen LogP contribution >= 0.6 is 25.0 Å². The van der Waals surface area contributed by atoms with Crippen LogP contribution in [0, 0.1) is 0 Å². The highest BCUT2D eigenvalue weighted by molar-refractivity contribution is 7.80. The van der Waals surface area contributed by atoms with Crippen molar-refractivity contribution in [2.24, 2.45) is 0 Å². The van der Waals surface area contributed by atoms with Crippen molar-refractivity contribution in [3.8, 4) is 0 Å². The summed E-state index contributed by atoms with van der Waals surface area (Å²) in [6, 6.07) is 4.40. The molecule has 0 spiro atoms. The maximum Gasteiger partial charge on any atom is 0.335 e. The van der Waals surface area contributed by atoms with Gasteiger partial charge in [0.2, 0.25) is 0 Å². The summed E-state index contributed by atoms with van der Waals surface area (Å²) in [5.41, 5.74) is 5.98. The van der Waals surface area contributed by atoms with E-state index in [1.54, 1.807) is 6.07 Å². The second-order valence-corrected chi connectivity index (χ2v) is 2.56. The largest absolute Gasteiger partial charge is 0.478 e. The zero-order valence-corrected chi connectivity index (χ0v) is 7.73. The van der Waals surface area contributed by atoms with Crippen LogP contribution in [0.4, 0.5) is 5.69 Å². The van der Waals surface area contributed by atoms with E-state index in [0.717, 1.165) is 0 Å². The third-order valence-corrected chi connectivity index (χ3v) is 1.68. The molecule has 1 aromatic rings. The van der Waals surface area contributed by atoms with Crippen molar-refractivity contribution in [1.82, 2.24) is 0 Å². The Morgan fingerprint density at radius 2 is 2.08 bits per heavy atom. The second kappa shape index (κ2) is 4.23. The molecule has 0 bridgehead atoms. The number of thiol groups is 1. The molecule has 0 aliphatic rings. The summed E-state index contributed by atoms with van der Waals surface area (Å²) >= 11 is 4.00. The number of rotatable bonds is 1. The summed E-state index contributed by atoms with van der Waals surface area (Å²) in [6.07, 6.45) is 0. The standard InChI is InChI=1S/C7H7NO2S.ClH/c8-5-3-4(7(9)10)1-2-6(5)11;/h1-3,11H,8H2,(H,9,10);1H. The molecule has 1 rings (SSSR count). The summed E-state index contributed by atoms with van der Waals surface area (Å²) in [4.78, 5) is 11.0. The first-order valence-corrected chi connectivity index (χ1v) is 3.38. The van der Waals surface area contributed by atoms with Crippen LogP contribution in [0.1, 0.15) is 10.4 Å². The van der Waals surface area contributed by atoms with E-state index in [9.17, 15) is 4.79 Å². The van der Waals surface area contributed by atoms with Gasteiger partial charge in [-0.05, 0) is 18.2 Å². The van der Waals surface area contributed by atoms with E-state index in [1.165, 1.54) is 12.1 Å². The van der Waals surface area contributed by atoms with E-state index in [4.69, 9.17) is 10.8 Å². The molecular weight excluding hydrogens is 198 g/mol. The first-order chi connectivity index (χ1) is 5.11. The van der Waals surface area contributed by atoms with Crippen LogP contribution in [0.3, 0.4) is 0 Å². The van der Waals surface area contributed by atoms with Crippen LogP contribution in [0.2, 0.25) is 0 Å². The number of halogens is 1. The summed E-state index contributed by atoms with van der Waals surface area (Å²) in [5.74, 6) is -0.981. The Hall–Kier alpha value is -0.870. The lowest BCUT2D eigenvalue weighted by Crippen LogP contribution is -1.97. The Morgan fingerprint density at radius 1 is 1.50 bits per heavy atom. The van der Waals surface area contributed by atoms with Gasteiger partial charge in [-0.3, -0.25) is 0 Å². The first-order valence-electron chi connectivity index (χ1n) is 2.93. The lowest BCUT2D eigenvalue weighted by Gasteiger charge is -1.98. The average molecular weight is 206 g/mol. The highest BCUT2D eigenvalue weighted by Gasteiger charge is 2.03. The van der Waals surface area contributed by atoms with Crippen molar-refractivity contribution in [3.05, 3.63) is 23.8 Å². The van der Waals surface area contributed by atoms with Crippen molar-refractivity contribution >= 4 is 36.7 Å². The van der Waals surface area contributed by atoms with Gasteiger partial charge in [0, 0.05) is 10.6 Å². The number of hydrogen-bond acceptors (Lipinski definition) is 3. The van der Waals surface area contributed by atoms with Crippen molar-refractivity contribution in [3.63, 3.8) is 0 Å². The van der Waals surface area contributed by atoms with Crippen molar-refractivity contribution in [2.45, 2.75) is 4.90 Å². The Labute approximate surface area is 81.4 Å². The number of nitrogen functional groups attached to an aromatic ring is 1. The molecule has 0 aromatic heterocycles. The minimum Gasteiger partial charge on any atom is -0.478 e. The first kappa shape index (κ1) is 11.1. The molecular formula is C7H8ClNO2S. The molecule has 0 fully saturated rings. The van der Waals surface area contributed by atoms with Gasteiger partial charge in [-0.1, -0.05) is 0 Å². The molecule has 1 aromatic carbocycles. The molecule has 12 heavy (non-hydrogen) atoms. The molecule has 0 saturated heterocycles. The molecule has 0 amide bonds. The predicted molar refractivity (Wildman–Crippen MR) is 52.3 cm³/mol. The number of nitrogens with two attached hydrogens (primary N) is 1. The normalized spacial score (nSPS) is 8.75. The maximum absolute atomic E-state index is 10.4. The lowest BCUT2D eigenvalue weighted by atomic mass is 10.2. The fourth-order valence-electron chi connectivity index (χ4n) is 0.688. The van der Waals surface area contributed by atoms with Crippen LogP contribution in [-0.4, -0.2) is 11.1 Å². The molecule has 0 aliphatic carbocycles. The Bertz CT molecular complexity index is 303. The number of aromatic carboxylic acids is 1. The lowest BCUT2D eigenvalue weighted by molar-refractivity contribution is 0.0697. The van der Waals surface area contributed by atoms with Gasteiger partial charge in [0.25, 0.3) is 0 Å². The highest BCUT2D eigenvalue weighted by atomic mass is 35.5. The molecule has 5 heteroatoms. The fraction of sp³-hybridized carbons (Fsp3) is 0. The summed E-state index contributed by atoms with van der Waals surface area (Å²) in [5, 5.41) is 8.52. The minimum absolute atomic E-state index is 0. The molecule has 0 saturated carbocycles. The summed E-state index contributed by atoms with van der Waals surface area (Å²) in [7, 11) is 0. The molecule has 0 heterocycles. The monoisotopic (exact) mass is 205 g/mol. The molecule has 3 nitrogen and oxygen atoms in total. The van der Waals surface area contributed by atoms with Crippen molar-refractivity contribution in [1.29, 1.82) is 0 Å². The molecule has 3 N–H and O–H groups in total. The summed E-state index contributed by atoms with van der Waals surface area (Å²) < 4.78 is 0. The van der Waals surface area contributed by atoms with E-state index < -0.39 is 5.97 Å². The van der Waals surface area contributed by atoms with Gasteiger partial charge in [0.05, 0.1) is 5.56 Å². The van der Waals surface area contributed by atoms with Gasteiger partial charge in [-0.15, -0.1) is 25.0 Å². The van der Waals surface area contributed by atoms with E-state index >= 15 is 0 Å². The average Bonchev–Trinajstić information content (AvgIpc) is 1.94. The van der Waals surface area contributed by atoms with Gasteiger partial charge in [-0.2, -0.15) is 0 Å². The maximum atomic E-state index is 10.4. The van der Waals surface area contributed by atoms with E-state index in [2.05, 4.69) is 12.6 Å². The van der Waals surface area contributed by atoms with Gasteiger partial charge < -0.3 is 10.8 Å². The van der Waals surface area contributed by atoms with Gasteiger partial charge in [0.1, 0.15) is 0 Å². The Morgan fingerprint density at radius 3 is 2.50 bits per heavy atom. The van der Waals surface area contributed by atoms with Crippen molar-refractivity contribution in [2.75, 3.05) is 5.73 Å². The van der Waals surface area contributed by atoms with Gasteiger partial charge >= 0.3 is 5.97 Å². The number of hydrogen-bond donors (Lipinski definition) is 3. The third-order valence-electron chi connectivity index (χ3n) is 1.27. The van der Waals surface area contributed by atoms with Gasteiger partial charge in [-0.25, -0.2) is 4.79 Å². The molecule has 66 valence electrons. The highest BCUT2D eigenvalue weighted by Crippen LogP contribution is 2.17. The van der Waals surface area contributed by atoms with Crippen molar-refractivity contribution < 1.29 is 9.90 Å². The topological polar surface area (TPSA) is 63.3 Å². The zero-order valence-electron chi connectivity index (χ0n) is 6.02. The third kappa shape index (κ3) is 2.32. The Balaban J connectivity index is 0.00000121. The number of benzene rings is 1. The molecule has 0 aliphatic heterocycles. The zero-order chi connectivity index (χ0) is 8.43. The molecule has 0 atom stereocenters. The predicted octanol–water partition coefficient (Wildman–Crippen LogP) is 1.68. The minimum atomic E-state index is -0.981. The smallest absolute Gasteiger partial charge is 0.335 e. The van der Waals surface area contributed by atoms with Crippen LogP contribution < -0.4 is 5.73 Å². The fourth-order valence-corrected chi connectivity index (χ4v) is 0.827. The molecule has 0 unspecified atom stereocenters. The van der Waals surface area contributed by atoms with Gasteiger partial charge in [0.15, 0.2) is 0 Å². The van der Waals surface area contributed by atoms with E-state index in [0.29, 0.717) is 10.6 Å². The Kier molecular flexibility index (Phi) is 3.92. The van der Waals surface area contributed by atoms with E-state index in [1.807, 2.05) is 0 Å². The van der Waals surface area contributed by atoms with Crippen LogP contribution in [0.5, 0.6) is 0 Å².